The summed E-state index contributed by atoms with van der Waals surface area (Å²) >= 11 is 1.79. The van der Waals surface area contributed by atoms with Crippen LogP contribution in [0.5, 0.6) is 0 Å². The van der Waals surface area contributed by atoms with Gasteiger partial charge in [0.05, 0.1) is 10.6 Å². The summed E-state index contributed by atoms with van der Waals surface area (Å²) < 4.78 is 0. The third-order valence-corrected chi connectivity index (χ3v) is 4.77. The first-order chi connectivity index (χ1) is 9.15. The number of rotatable bonds is 2. The van der Waals surface area contributed by atoms with Crippen LogP contribution in [0.1, 0.15) is 18.4 Å². The van der Waals surface area contributed by atoms with Crippen LogP contribution < -0.4 is 0 Å². The van der Waals surface area contributed by atoms with Gasteiger partial charge in [-0.1, -0.05) is 11.8 Å². The van der Waals surface area contributed by atoms with E-state index in [9.17, 15) is 10.1 Å². The minimum absolute atomic E-state index is 0.125. The van der Waals surface area contributed by atoms with Crippen molar-refractivity contribution in [1.29, 1.82) is 0 Å². The fourth-order valence-corrected chi connectivity index (χ4v) is 3.85. The molecule has 0 aromatic heterocycles. The Balaban J connectivity index is 1.89. The first-order valence-corrected chi connectivity index (χ1v) is 7.37. The lowest BCUT2D eigenvalue weighted by Gasteiger charge is -2.16. The first kappa shape index (κ1) is 12.5. The molecule has 0 N–H and O–H groups in total. The van der Waals surface area contributed by atoms with Gasteiger partial charge in [0.25, 0.3) is 5.69 Å². The van der Waals surface area contributed by atoms with Crippen LogP contribution in [0.2, 0.25) is 0 Å². The van der Waals surface area contributed by atoms with Crippen molar-refractivity contribution < 1.29 is 4.92 Å². The highest BCUT2D eigenvalue weighted by Gasteiger charge is 2.33. The molecule has 2 saturated heterocycles. The average Bonchev–Trinajstić information content (AvgIpc) is 2.96. The number of aliphatic imine (C=N–C) groups is 1. The summed E-state index contributed by atoms with van der Waals surface area (Å²) in [6, 6.07) is 5.49. The monoisotopic (exact) mass is 277 g/mol. The lowest BCUT2D eigenvalue weighted by atomic mass is 10.2. The Morgan fingerprint density at radius 1 is 1.53 bits per heavy atom. The molecular weight excluding hydrogens is 262 g/mol. The van der Waals surface area contributed by atoms with Crippen LogP contribution in [0, 0.1) is 17.0 Å². The summed E-state index contributed by atoms with van der Waals surface area (Å²) in [6.07, 6.45) is 2.49. The fraction of sp³-hybridized carbons (Fsp3) is 0.462. The maximum Gasteiger partial charge on any atom is 0.269 e. The number of nitrogens with zero attached hydrogens (tertiary/aromatic N) is 3. The fourth-order valence-electron chi connectivity index (χ4n) is 2.59. The molecule has 2 heterocycles. The van der Waals surface area contributed by atoms with E-state index in [1.807, 2.05) is 6.92 Å². The van der Waals surface area contributed by atoms with Gasteiger partial charge < -0.3 is 4.90 Å². The molecule has 1 aromatic rings. The molecule has 2 aliphatic rings. The molecule has 1 atom stereocenters. The Bertz CT molecular complexity index is 559. The van der Waals surface area contributed by atoms with Crippen molar-refractivity contribution in [3.05, 3.63) is 33.9 Å². The summed E-state index contributed by atoms with van der Waals surface area (Å²) in [6.45, 7) is 2.95. The quantitative estimate of drug-likeness (QED) is 0.615. The highest BCUT2D eigenvalue weighted by atomic mass is 32.2. The zero-order chi connectivity index (χ0) is 13.4. The van der Waals surface area contributed by atoms with Crippen molar-refractivity contribution in [3.63, 3.8) is 0 Å². The lowest BCUT2D eigenvalue weighted by Crippen LogP contribution is -2.27. The van der Waals surface area contributed by atoms with Gasteiger partial charge in [-0.15, -0.1) is 0 Å². The molecule has 6 heteroatoms. The molecule has 1 aromatic carbocycles. The van der Waals surface area contributed by atoms with E-state index in [2.05, 4.69) is 9.89 Å². The average molecular weight is 277 g/mol. The maximum atomic E-state index is 10.7. The van der Waals surface area contributed by atoms with Crippen molar-refractivity contribution in [3.8, 4) is 0 Å². The van der Waals surface area contributed by atoms with Gasteiger partial charge in [-0.2, -0.15) is 0 Å². The number of benzene rings is 1. The predicted molar refractivity (Wildman–Crippen MR) is 77.1 cm³/mol. The van der Waals surface area contributed by atoms with E-state index in [1.165, 1.54) is 18.9 Å². The molecule has 0 amide bonds. The van der Waals surface area contributed by atoms with Crippen LogP contribution in [-0.2, 0) is 0 Å². The SMILES string of the molecule is Cc1cc([N+](=O)[O-])ccc1N=C1SCC2CCCN12. The molecule has 19 heavy (non-hydrogen) atoms. The van der Waals surface area contributed by atoms with Gasteiger partial charge in [-0.05, 0) is 31.4 Å². The minimum atomic E-state index is -0.370. The second kappa shape index (κ2) is 4.85. The number of hydrogen-bond donors (Lipinski definition) is 0. The Hall–Kier alpha value is -1.56. The van der Waals surface area contributed by atoms with E-state index in [1.54, 1.807) is 23.9 Å². The molecule has 3 rings (SSSR count). The van der Waals surface area contributed by atoms with Gasteiger partial charge in [0.2, 0.25) is 0 Å². The number of nitro groups is 1. The van der Waals surface area contributed by atoms with Gasteiger partial charge >= 0.3 is 0 Å². The number of hydrogen-bond acceptors (Lipinski definition) is 4. The number of nitro benzene ring substituents is 1. The zero-order valence-electron chi connectivity index (χ0n) is 10.7. The van der Waals surface area contributed by atoms with Crippen molar-refractivity contribution in [2.45, 2.75) is 25.8 Å². The van der Waals surface area contributed by atoms with E-state index in [0.717, 1.165) is 28.7 Å². The molecule has 0 spiro atoms. The standard InChI is InChI=1S/C13H15N3O2S/c1-9-7-10(16(17)18)4-5-12(9)14-13-15-6-2-3-11(15)8-19-13/h4-5,7,11H,2-3,6,8H2,1H3. The van der Waals surface area contributed by atoms with Crippen LogP contribution >= 0.6 is 11.8 Å². The van der Waals surface area contributed by atoms with Crippen LogP contribution in [-0.4, -0.2) is 33.3 Å². The molecule has 0 aliphatic carbocycles. The largest absolute Gasteiger partial charge is 0.347 e. The lowest BCUT2D eigenvalue weighted by molar-refractivity contribution is -0.384. The summed E-state index contributed by atoms with van der Waals surface area (Å²) in [7, 11) is 0. The molecule has 100 valence electrons. The van der Waals surface area contributed by atoms with E-state index >= 15 is 0 Å². The van der Waals surface area contributed by atoms with E-state index < -0.39 is 0 Å². The van der Waals surface area contributed by atoms with Crippen LogP contribution in [0.25, 0.3) is 0 Å². The van der Waals surface area contributed by atoms with Crippen molar-refractivity contribution >= 4 is 28.3 Å². The molecule has 2 fully saturated rings. The number of aryl methyl sites for hydroxylation is 1. The maximum absolute atomic E-state index is 10.7. The third kappa shape index (κ3) is 2.32. The van der Waals surface area contributed by atoms with E-state index in [-0.39, 0.29) is 10.6 Å². The Labute approximate surface area is 115 Å². The predicted octanol–water partition coefficient (Wildman–Crippen LogP) is 3.10. The van der Waals surface area contributed by atoms with Crippen molar-refractivity contribution in [1.82, 2.24) is 4.90 Å². The number of non-ortho nitro benzene ring substituents is 1. The molecule has 0 bridgehead atoms. The topological polar surface area (TPSA) is 58.7 Å². The van der Waals surface area contributed by atoms with Gasteiger partial charge in [-0.3, -0.25) is 10.1 Å². The number of amidine groups is 1. The smallest absolute Gasteiger partial charge is 0.269 e. The second-order valence-corrected chi connectivity index (χ2v) is 5.91. The Morgan fingerprint density at radius 2 is 2.37 bits per heavy atom. The third-order valence-electron chi connectivity index (χ3n) is 3.63. The molecule has 5 nitrogen and oxygen atoms in total. The number of thioether (sulfide) groups is 1. The number of fused-ring (bicyclic) bond motifs is 1. The van der Waals surface area contributed by atoms with Gasteiger partial charge in [-0.25, -0.2) is 4.99 Å². The first-order valence-electron chi connectivity index (χ1n) is 6.38. The van der Waals surface area contributed by atoms with E-state index in [4.69, 9.17) is 0 Å². The second-order valence-electron chi connectivity index (χ2n) is 4.92. The van der Waals surface area contributed by atoms with Gasteiger partial charge in [0.15, 0.2) is 5.17 Å². The van der Waals surface area contributed by atoms with Crippen LogP contribution in [0.4, 0.5) is 11.4 Å². The summed E-state index contributed by atoms with van der Waals surface area (Å²) in [4.78, 5) is 17.4. The molecule has 1 unspecified atom stereocenters. The van der Waals surface area contributed by atoms with Gasteiger partial charge in [0, 0.05) is 30.5 Å². The normalized spacial score (nSPS) is 23.9. The summed E-state index contributed by atoms with van der Waals surface area (Å²) in [5, 5.41) is 11.8. The highest BCUT2D eigenvalue weighted by Crippen LogP contribution is 2.34. The van der Waals surface area contributed by atoms with Crippen molar-refractivity contribution in [2.24, 2.45) is 4.99 Å². The Kier molecular flexibility index (Phi) is 3.18. The highest BCUT2D eigenvalue weighted by molar-refractivity contribution is 8.14. The zero-order valence-corrected chi connectivity index (χ0v) is 11.5. The Morgan fingerprint density at radius 3 is 3.11 bits per heavy atom. The molecular formula is C13H15N3O2S. The molecule has 0 saturated carbocycles. The van der Waals surface area contributed by atoms with Crippen LogP contribution in [0.3, 0.4) is 0 Å². The molecule has 2 aliphatic heterocycles. The minimum Gasteiger partial charge on any atom is -0.347 e. The summed E-state index contributed by atoms with van der Waals surface area (Å²) in [5.41, 5.74) is 1.81. The van der Waals surface area contributed by atoms with Crippen molar-refractivity contribution in [2.75, 3.05) is 12.3 Å². The van der Waals surface area contributed by atoms with Gasteiger partial charge in [0.1, 0.15) is 0 Å². The summed E-state index contributed by atoms with van der Waals surface area (Å²) in [5.74, 6) is 1.12. The molecule has 0 radical (unpaired) electrons. The van der Waals surface area contributed by atoms with E-state index in [0.29, 0.717) is 6.04 Å². The van der Waals surface area contributed by atoms with Crippen LogP contribution in [0.15, 0.2) is 23.2 Å².